The molecule has 0 saturated heterocycles. The van der Waals surface area contributed by atoms with E-state index >= 15 is 0 Å². The zero-order valence-electron chi connectivity index (χ0n) is 2.64. The van der Waals surface area contributed by atoms with Crippen LogP contribution in [0.2, 0.25) is 0 Å². The fraction of sp³-hybridized carbons (Fsp3) is 0. The molecule has 0 aliphatic rings. The minimum Gasteiger partial charge on any atom is -0.483 e. The van der Waals surface area contributed by atoms with Crippen LogP contribution in [-0.4, -0.2) is 11.6 Å². The van der Waals surface area contributed by atoms with Gasteiger partial charge in [0.2, 0.25) is 0 Å². The van der Waals surface area contributed by atoms with E-state index in [1.54, 1.807) is 0 Å². The standard InChI is InChI=1S/CH2O2.H3N.H2S/c2-1-3;;/h1H,(H,2,3);1H3;1H2. The molecule has 3 nitrogen and oxygen atoms in total. The van der Waals surface area contributed by atoms with Crippen molar-refractivity contribution in [3.63, 3.8) is 0 Å². The summed E-state index contributed by atoms with van der Waals surface area (Å²) in [5.41, 5.74) is 0. The van der Waals surface area contributed by atoms with E-state index < -0.39 is 0 Å². The molecule has 0 heterocycles. The van der Waals surface area contributed by atoms with Gasteiger partial charge < -0.3 is 11.3 Å². The predicted octanol–water partition coefficient (Wildman–Crippen LogP) is -0.0244. The highest BCUT2D eigenvalue weighted by atomic mass is 32.1. The average Bonchev–Trinajstić information content (AvgIpc) is 0.918. The van der Waals surface area contributed by atoms with Crippen molar-refractivity contribution < 1.29 is 9.90 Å². The summed E-state index contributed by atoms with van der Waals surface area (Å²) >= 11 is 0. The zero-order chi connectivity index (χ0) is 2.71. The normalized spacial score (nSPS) is 2.40. The Morgan fingerprint density at radius 1 is 1.60 bits per heavy atom. The van der Waals surface area contributed by atoms with Crippen molar-refractivity contribution in [2.45, 2.75) is 0 Å². The second-order valence-electron chi connectivity index (χ2n) is 0.105. The van der Waals surface area contributed by atoms with Gasteiger partial charge in [-0.25, -0.2) is 0 Å². The third-order valence-corrected chi connectivity index (χ3v) is 0. The number of carboxylic acid groups (broad SMARTS) is 1. The van der Waals surface area contributed by atoms with Crippen molar-refractivity contribution in [1.82, 2.24) is 6.15 Å². The smallest absolute Gasteiger partial charge is 0.290 e. The summed E-state index contributed by atoms with van der Waals surface area (Å²) in [6.45, 7) is -0.250. The molecule has 0 fully saturated rings. The van der Waals surface area contributed by atoms with E-state index in [-0.39, 0.29) is 26.1 Å². The molecule has 0 spiro atoms. The number of hydrogen-bond acceptors (Lipinski definition) is 2. The van der Waals surface area contributed by atoms with Gasteiger partial charge in [-0.05, 0) is 0 Å². The largest absolute Gasteiger partial charge is 0.483 e. The molecule has 0 aromatic rings. The van der Waals surface area contributed by atoms with Crippen LogP contribution in [0.5, 0.6) is 0 Å². The summed E-state index contributed by atoms with van der Waals surface area (Å²) < 4.78 is 0. The maximum atomic E-state index is 8.36. The SMILES string of the molecule is N.O=CO.S. The summed E-state index contributed by atoms with van der Waals surface area (Å²) in [4.78, 5) is 8.36. The van der Waals surface area contributed by atoms with Gasteiger partial charge >= 0.3 is 0 Å². The quantitative estimate of drug-likeness (QED) is 0.417. The molecule has 0 radical (unpaired) electrons. The first-order chi connectivity index (χ1) is 1.41. The molecule has 0 aromatic heterocycles. The molecular weight excluding hydrogens is 90.1 g/mol. The van der Waals surface area contributed by atoms with Crippen LogP contribution in [0.1, 0.15) is 0 Å². The third-order valence-electron chi connectivity index (χ3n) is 0. The average molecular weight is 97.1 g/mol. The first-order valence-corrected chi connectivity index (χ1v) is 0.494. The fourth-order valence-electron chi connectivity index (χ4n) is 0. The molecule has 0 aliphatic heterocycles. The van der Waals surface area contributed by atoms with Gasteiger partial charge in [0.05, 0.1) is 0 Å². The van der Waals surface area contributed by atoms with Crippen LogP contribution in [0, 0.1) is 0 Å². The lowest BCUT2D eigenvalue weighted by Crippen LogP contribution is -1.49. The minimum absolute atomic E-state index is 0. The molecule has 4 N–H and O–H groups in total. The number of rotatable bonds is 0. The van der Waals surface area contributed by atoms with Gasteiger partial charge in [-0.2, -0.15) is 13.5 Å². The summed E-state index contributed by atoms with van der Waals surface area (Å²) in [6.07, 6.45) is 0. The van der Waals surface area contributed by atoms with Gasteiger partial charge in [-0.15, -0.1) is 0 Å². The van der Waals surface area contributed by atoms with E-state index in [4.69, 9.17) is 9.90 Å². The van der Waals surface area contributed by atoms with Crippen molar-refractivity contribution in [2.75, 3.05) is 0 Å². The van der Waals surface area contributed by atoms with Crippen molar-refractivity contribution in [3.8, 4) is 0 Å². The van der Waals surface area contributed by atoms with Gasteiger partial charge in [-0.3, -0.25) is 4.79 Å². The Kier molecular flexibility index (Phi) is 207. The zero-order valence-corrected chi connectivity index (χ0v) is 3.64. The monoisotopic (exact) mass is 97.0 g/mol. The second-order valence-corrected chi connectivity index (χ2v) is 0.105. The number of carbonyl (C=O) groups is 1. The van der Waals surface area contributed by atoms with E-state index in [1.807, 2.05) is 0 Å². The van der Waals surface area contributed by atoms with Crippen LogP contribution < -0.4 is 6.15 Å². The van der Waals surface area contributed by atoms with Crippen LogP contribution in [0.15, 0.2) is 0 Å². The maximum Gasteiger partial charge on any atom is 0.290 e. The van der Waals surface area contributed by atoms with Crippen LogP contribution in [0.25, 0.3) is 0 Å². The van der Waals surface area contributed by atoms with Crippen LogP contribution in [0.4, 0.5) is 0 Å². The van der Waals surface area contributed by atoms with E-state index in [0.29, 0.717) is 0 Å². The Bertz CT molecular complexity index is 17.1. The molecule has 5 heavy (non-hydrogen) atoms. The molecule has 4 heteroatoms. The van der Waals surface area contributed by atoms with Crippen molar-refractivity contribution >= 4 is 20.0 Å². The lowest BCUT2D eigenvalue weighted by molar-refractivity contribution is -0.122. The topological polar surface area (TPSA) is 72.3 Å². The molecule has 0 bridgehead atoms. The Labute approximate surface area is 37.0 Å². The van der Waals surface area contributed by atoms with Gasteiger partial charge in [-0.1, -0.05) is 0 Å². The van der Waals surface area contributed by atoms with Crippen LogP contribution in [-0.2, 0) is 4.79 Å². The van der Waals surface area contributed by atoms with Gasteiger partial charge in [0.1, 0.15) is 0 Å². The van der Waals surface area contributed by atoms with Gasteiger partial charge in [0.15, 0.2) is 0 Å². The summed E-state index contributed by atoms with van der Waals surface area (Å²) in [5, 5.41) is 6.89. The molecule has 0 aromatic carbocycles. The molecule has 0 atom stereocenters. The third kappa shape index (κ3) is 247. The van der Waals surface area contributed by atoms with E-state index in [1.165, 1.54) is 0 Å². The summed E-state index contributed by atoms with van der Waals surface area (Å²) in [7, 11) is 0. The first kappa shape index (κ1) is 21.6. The second kappa shape index (κ2) is 48.0. The van der Waals surface area contributed by atoms with Crippen molar-refractivity contribution in [2.24, 2.45) is 0 Å². The molecule has 0 rings (SSSR count). The maximum absolute atomic E-state index is 8.36. The molecule has 0 saturated carbocycles. The Morgan fingerprint density at radius 3 is 1.60 bits per heavy atom. The summed E-state index contributed by atoms with van der Waals surface area (Å²) in [5.74, 6) is 0. The van der Waals surface area contributed by atoms with Crippen LogP contribution >= 0.6 is 13.5 Å². The summed E-state index contributed by atoms with van der Waals surface area (Å²) in [6, 6.07) is 0. The lowest BCUT2D eigenvalue weighted by Gasteiger charge is -1.34. The lowest BCUT2D eigenvalue weighted by atomic mass is 11.7. The molecule has 0 aliphatic carbocycles. The van der Waals surface area contributed by atoms with E-state index in [2.05, 4.69) is 0 Å². The molecule has 34 valence electrons. The first-order valence-electron chi connectivity index (χ1n) is 0.494. The Morgan fingerprint density at radius 2 is 1.60 bits per heavy atom. The highest BCUT2D eigenvalue weighted by molar-refractivity contribution is 7.59. The molecule has 0 unspecified atom stereocenters. The number of hydrogen-bond donors (Lipinski definition) is 2. The van der Waals surface area contributed by atoms with E-state index in [9.17, 15) is 0 Å². The Hall–Kier alpha value is -0.220. The molecular formula is CH7NO2S. The predicted molar refractivity (Wildman–Crippen MR) is 24.1 cm³/mol. The van der Waals surface area contributed by atoms with Gasteiger partial charge in [0, 0.05) is 0 Å². The van der Waals surface area contributed by atoms with E-state index in [0.717, 1.165) is 0 Å². The van der Waals surface area contributed by atoms with Gasteiger partial charge in [0.25, 0.3) is 6.47 Å². The molecule has 0 amide bonds. The highest BCUT2D eigenvalue weighted by Gasteiger charge is 1.22. The highest BCUT2D eigenvalue weighted by Crippen LogP contribution is 0.966. The van der Waals surface area contributed by atoms with Crippen LogP contribution in [0.3, 0.4) is 0 Å². The van der Waals surface area contributed by atoms with Crippen molar-refractivity contribution in [1.29, 1.82) is 0 Å². The minimum atomic E-state index is -0.250. The van der Waals surface area contributed by atoms with Crippen molar-refractivity contribution in [3.05, 3.63) is 0 Å². The Balaban J connectivity index is -0.0000000200. The fourth-order valence-corrected chi connectivity index (χ4v) is 0.